The predicted molar refractivity (Wildman–Crippen MR) is 128 cm³/mol. The molecule has 0 saturated carbocycles. The number of rotatable bonds is 11. The van der Waals surface area contributed by atoms with Gasteiger partial charge in [0.15, 0.2) is 5.82 Å². The molecule has 0 radical (unpaired) electrons. The van der Waals surface area contributed by atoms with Crippen LogP contribution < -0.4 is 0 Å². The van der Waals surface area contributed by atoms with Gasteiger partial charge >= 0.3 is 0 Å². The minimum Gasteiger partial charge on any atom is -0.256 e. The first-order valence-corrected chi connectivity index (χ1v) is 11.8. The van der Waals surface area contributed by atoms with Gasteiger partial charge in [-0.15, -0.1) is 10.2 Å². The van der Waals surface area contributed by atoms with E-state index in [1.807, 2.05) is 36.5 Å². The Bertz CT molecular complexity index is 1130. The molecule has 172 valence electrons. The lowest BCUT2D eigenvalue weighted by Gasteiger charge is -2.08. The first-order valence-electron chi connectivity index (χ1n) is 11.8. The van der Waals surface area contributed by atoms with Crippen LogP contribution in [-0.4, -0.2) is 40.4 Å². The van der Waals surface area contributed by atoms with E-state index in [0.29, 0.717) is 11.7 Å². The van der Waals surface area contributed by atoms with Crippen molar-refractivity contribution in [1.29, 1.82) is 0 Å². The summed E-state index contributed by atoms with van der Waals surface area (Å²) in [5.41, 5.74) is 3.87. The molecule has 4 rings (SSSR count). The smallest absolute Gasteiger partial charge is 0.205 e. The minimum absolute atomic E-state index is 0.561. The summed E-state index contributed by atoms with van der Waals surface area (Å²) in [4.78, 5) is 9.63. The number of aromatic amines is 1. The largest absolute Gasteiger partial charge is 0.256 e. The lowest BCUT2D eigenvalue weighted by Crippen LogP contribution is -2.07. The van der Waals surface area contributed by atoms with Gasteiger partial charge in [0.25, 0.3) is 0 Å². The quantitative estimate of drug-likeness (QED) is 0.331. The molecule has 0 aliphatic rings. The Morgan fingerprint density at radius 1 is 1.03 bits per heavy atom. The lowest BCUT2D eigenvalue weighted by atomic mass is 10.0. The summed E-state index contributed by atoms with van der Waals surface area (Å²) in [5, 5.41) is 19.3. The second kappa shape index (κ2) is 10.9. The molecule has 8 nitrogen and oxygen atoms in total. The third-order valence-electron chi connectivity index (χ3n) is 5.69. The number of nitrogens with one attached hydrogen (secondary N) is 1. The molecule has 0 fully saturated rings. The van der Waals surface area contributed by atoms with E-state index < -0.39 is 0 Å². The molecule has 0 saturated heterocycles. The average molecular weight is 445 g/mol. The van der Waals surface area contributed by atoms with E-state index in [1.165, 1.54) is 12.8 Å². The van der Waals surface area contributed by atoms with Crippen molar-refractivity contribution in [3.63, 3.8) is 0 Å². The van der Waals surface area contributed by atoms with Crippen LogP contribution in [0, 0.1) is 5.92 Å². The Balaban J connectivity index is 1.53. The fraction of sp³-hybridized carbons (Fsp3) is 0.440. The first-order chi connectivity index (χ1) is 16.1. The molecule has 0 amide bonds. The van der Waals surface area contributed by atoms with Crippen LogP contribution in [0.5, 0.6) is 0 Å². The maximum atomic E-state index is 4.88. The number of nitrogens with zero attached hydrogens (tertiary/aromatic N) is 7. The minimum atomic E-state index is 0.561. The van der Waals surface area contributed by atoms with Crippen LogP contribution in [0.15, 0.2) is 42.6 Å². The van der Waals surface area contributed by atoms with Crippen LogP contribution in [0.4, 0.5) is 0 Å². The fourth-order valence-electron chi connectivity index (χ4n) is 3.82. The lowest BCUT2D eigenvalue weighted by molar-refractivity contribution is 0.524. The van der Waals surface area contributed by atoms with Crippen molar-refractivity contribution < 1.29 is 0 Å². The highest BCUT2D eigenvalue weighted by atomic mass is 15.5. The zero-order valence-corrected chi connectivity index (χ0v) is 19.7. The maximum Gasteiger partial charge on any atom is 0.205 e. The van der Waals surface area contributed by atoms with E-state index >= 15 is 0 Å². The Kier molecular flexibility index (Phi) is 7.55. The van der Waals surface area contributed by atoms with E-state index in [2.05, 4.69) is 52.1 Å². The molecule has 0 unspecified atom stereocenters. The summed E-state index contributed by atoms with van der Waals surface area (Å²) in [5.74, 6) is 3.18. The number of aryl methyl sites for hydroxylation is 2. The van der Waals surface area contributed by atoms with Gasteiger partial charge in [-0.3, -0.25) is 4.98 Å². The van der Waals surface area contributed by atoms with Crippen molar-refractivity contribution in [2.75, 3.05) is 0 Å². The average Bonchev–Trinajstić information content (AvgIpc) is 3.49. The highest BCUT2D eigenvalue weighted by molar-refractivity contribution is 5.78. The summed E-state index contributed by atoms with van der Waals surface area (Å²) >= 11 is 0. The van der Waals surface area contributed by atoms with Crippen LogP contribution in [0.1, 0.15) is 63.7 Å². The standard InChI is InChI=1S/C25H32N8/c1-4-5-8-15-33-24(27-23(30-33)14-11-18(2)3)16-19-12-13-22(26-17-19)20-9-6-7-10-21(20)25-28-31-32-29-25/h6-7,9-10,12-13,17-18H,4-5,8,11,14-16H2,1-3H3,(H,28,29,31,32). The number of hydrogen-bond acceptors (Lipinski definition) is 6. The van der Waals surface area contributed by atoms with Crippen LogP contribution in [0.3, 0.4) is 0 Å². The molecular formula is C25H32N8. The first kappa shape index (κ1) is 22.8. The molecule has 0 aliphatic carbocycles. The number of hydrogen-bond donors (Lipinski definition) is 1. The van der Waals surface area contributed by atoms with Gasteiger partial charge in [0, 0.05) is 36.7 Å². The Morgan fingerprint density at radius 3 is 2.58 bits per heavy atom. The van der Waals surface area contributed by atoms with Gasteiger partial charge in [-0.25, -0.2) is 9.67 Å². The maximum absolute atomic E-state index is 4.88. The molecule has 4 aromatic rings. The van der Waals surface area contributed by atoms with Gasteiger partial charge in [0.05, 0.1) is 5.69 Å². The van der Waals surface area contributed by atoms with Gasteiger partial charge in [0.2, 0.25) is 5.82 Å². The van der Waals surface area contributed by atoms with Gasteiger partial charge < -0.3 is 0 Å². The second-order valence-corrected chi connectivity index (χ2v) is 8.82. The van der Waals surface area contributed by atoms with E-state index in [-0.39, 0.29) is 0 Å². The zero-order chi connectivity index (χ0) is 23.0. The Hall–Kier alpha value is -3.42. The molecule has 0 spiro atoms. The summed E-state index contributed by atoms with van der Waals surface area (Å²) < 4.78 is 2.10. The highest BCUT2D eigenvalue weighted by Gasteiger charge is 2.14. The third kappa shape index (κ3) is 5.88. The van der Waals surface area contributed by atoms with E-state index in [4.69, 9.17) is 15.1 Å². The Labute approximate surface area is 194 Å². The molecule has 1 N–H and O–H groups in total. The van der Waals surface area contributed by atoms with E-state index in [9.17, 15) is 0 Å². The third-order valence-corrected chi connectivity index (χ3v) is 5.69. The van der Waals surface area contributed by atoms with Crippen molar-refractivity contribution in [1.82, 2.24) is 40.4 Å². The predicted octanol–water partition coefficient (Wildman–Crippen LogP) is 4.89. The number of benzene rings is 1. The summed E-state index contributed by atoms with van der Waals surface area (Å²) in [6.45, 7) is 7.62. The number of tetrazole rings is 1. The number of pyridine rings is 1. The SMILES string of the molecule is CCCCCn1nc(CCC(C)C)nc1Cc1ccc(-c2ccccc2-c2nn[nH]n2)nc1. The number of unbranched alkanes of at least 4 members (excludes halogenated alkanes) is 2. The molecule has 0 aliphatic heterocycles. The highest BCUT2D eigenvalue weighted by Crippen LogP contribution is 2.28. The van der Waals surface area contributed by atoms with Crippen LogP contribution >= 0.6 is 0 Å². The normalized spacial score (nSPS) is 11.4. The van der Waals surface area contributed by atoms with Gasteiger partial charge in [-0.2, -0.15) is 10.3 Å². The molecule has 3 heterocycles. The Morgan fingerprint density at radius 2 is 1.88 bits per heavy atom. The van der Waals surface area contributed by atoms with E-state index in [0.717, 1.165) is 66.3 Å². The molecular weight excluding hydrogens is 412 g/mol. The van der Waals surface area contributed by atoms with Crippen molar-refractivity contribution >= 4 is 0 Å². The monoisotopic (exact) mass is 444 g/mol. The molecule has 33 heavy (non-hydrogen) atoms. The summed E-state index contributed by atoms with van der Waals surface area (Å²) in [6, 6.07) is 12.1. The second-order valence-electron chi connectivity index (χ2n) is 8.82. The van der Waals surface area contributed by atoms with Crippen molar-refractivity contribution in [3.05, 3.63) is 59.8 Å². The van der Waals surface area contributed by atoms with Crippen molar-refractivity contribution in [2.45, 2.75) is 65.8 Å². The van der Waals surface area contributed by atoms with Crippen LogP contribution in [0.25, 0.3) is 22.6 Å². The molecule has 3 aromatic heterocycles. The number of aromatic nitrogens is 8. The summed E-state index contributed by atoms with van der Waals surface area (Å²) in [7, 11) is 0. The summed E-state index contributed by atoms with van der Waals surface area (Å²) in [6.07, 6.45) is 8.21. The number of H-pyrrole nitrogens is 1. The zero-order valence-electron chi connectivity index (χ0n) is 19.7. The van der Waals surface area contributed by atoms with Crippen LogP contribution in [0.2, 0.25) is 0 Å². The topological polar surface area (TPSA) is 98.1 Å². The fourth-order valence-corrected chi connectivity index (χ4v) is 3.82. The van der Waals surface area contributed by atoms with Crippen molar-refractivity contribution in [3.8, 4) is 22.6 Å². The molecule has 8 heteroatoms. The molecule has 1 aromatic carbocycles. The van der Waals surface area contributed by atoms with Gasteiger partial charge in [-0.1, -0.05) is 63.9 Å². The van der Waals surface area contributed by atoms with Crippen molar-refractivity contribution in [2.24, 2.45) is 5.92 Å². The van der Waals surface area contributed by atoms with Gasteiger partial charge in [0.1, 0.15) is 5.82 Å². The van der Waals surface area contributed by atoms with Gasteiger partial charge in [-0.05, 0) is 35.6 Å². The van der Waals surface area contributed by atoms with E-state index in [1.54, 1.807) is 0 Å². The molecule has 0 bridgehead atoms. The molecule has 0 atom stereocenters. The van der Waals surface area contributed by atoms with Crippen LogP contribution in [-0.2, 0) is 19.4 Å².